The van der Waals surface area contributed by atoms with Crippen molar-refractivity contribution in [1.82, 2.24) is 0 Å². The quantitative estimate of drug-likeness (QED) is 0.916. The van der Waals surface area contributed by atoms with Gasteiger partial charge in [0.2, 0.25) is 0 Å². The minimum Gasteiger partial charge on any atom is -0.497 e. The number of benzene rings is 2. The van der Waals surface area contributed by atoms with Crippen LogP contribution >= 0.6 is 0 Å². The highest BCUT2D eigenvalue weighted by Crippen LogP contribution is 2.35. The van der Waals surface area contributed by atoms with Gasteiger partial charge >= 0.3 is 0 Å². The second-order valence-corrected chi connectivity index (χ2v) is 4.09. The Morgan fingerprint density at radius 2 is 1.84 bits per heavy atom. The molecule has 4 nitrogen and oxygen atoms in total. The standard InChI is InChI=1S/C15H16NO3/c1-18-12-4-5-13(15(8-12)19-2)10-3-6-14(17)11(7-10)9-16/h3-8H,9,16H2,1-2H3. The van der Waals surface area contributed by atoms with Crippen LogP contribution in [0.4, 0.5) is 0 Å². The van der Waals surface area contributed by atoms with Crippen molar-refractivity contribution in [2.45, 2.75) is 6.54 Å². The largest absolute Gasteiger partial charge is 0.497 e. The highest BCUT2D eigenvalue weighted by Gasteiger charge is 2.10. The highest BCUT2D eigenvalue weighted by molar-refractivity contribution is 5.72. The molecule has 0 saturated carbocycles. The summed E-state index contributed by atoms with van der Waals surface area (Å²) >= 11 is 0. The van der Waals surface area contributed by atoms with Gasteiger partial charge in [0, 0.05) is 23.7 Å². The summed E-state index contributed by atoms with van der Waals surface area (Å²) in [7, 11) is 3.21. The monoisotopic (exact) mass is 258 g/mol. The van der Waals surface area contributed by atoms with E-state index in [0.29, 0.717) is 11.3 Å². The van der Waals surface area contributed by atoms with Crippen LogP contribution in [0.2, 0.25) is 0 Å². The Kier molecular flexibility index (Phi) is 3.92. The molecule has 0 aliphatic carbocycles. The number of hydrogen-bond donors (Lipinski definition) is 1. The van der Waals surface area contributed by atoms with Crippen molar-refractivity contribution in [3.8, 4) is 28.4 Å². The average Bonchev–Trinajstić information content (AvgIpc) is 2.47. The molecule has 1 radical (unpaired) electrons. The van der Waals surface area contributed by atoms with Crippen LogP contribution in [0.25, 0.3) is 11.1 Å². The highest BCUT2D eigenvalue weighted by atomic mass is 16.5. The van der Waals surface area contributed by atoms with Crippen molar-refractivity contribution >= 4 is 0 Å². The van der Waals surface area contributed by atoms with Crippen LogP contribution in [-0.4, -0.2) is 14.2 Å². The van der Waals surface area contributed by atoms with Gasteiger partial charge in [-0.25, -0.2) is 0 Å². The van der Waals surface area contributed by atoms with Crippen molar-refractivity contribution in [2.75, 3.05) is 14.2 Å². The van der Waals surface area contributed by atoms with Crippen LogP contribution < -0.4 is 15.2 Å². The lowest BCUT2D eigenvalue weighted by Gasteiger charge is -2.11. The molecule has 2 rings (SSSR count). The van der Waals surface area contributed by atoms with Crippen molar-refractivity contribution in [1.29, 1.82) is 0 Å². The summed E-state index contributed by atoms with van der Waals surface area (Å²) in [6.45, 7) is 0.227. The van der Waals surface area contributed by atoms with Crippen molar-refractivity contribution in [2.24, 2.45) is 5.73 Å². The van der Waals surface area contributed by atoms with Gasteiger partial charge in [0.05, 0.1) is 14.2 Å². The fraction of sp³-hybridized carbons (Fsp3) is 0.200. The Morgan fingerprint density at radius 1 is 1.05 bits per heavy atom. The molecule has 2 aromatic carbocycles. The van der Waals surface area contributed by atoms with Gasteiger partial charge in [-0.3, -0.25) is 5.11 Å². The molecule has 2 aromatic rings. The van der Waals surface area contributed by atoms with Crippen molar-refractivity contribution in [3.05, 3.63) is 42.0 Å². The molecule has 0 amide bonds. The van der Waals surface area contributed by atoms with Gasteiger partial charge in [0.15, 0.2) is 5.75 Å². The first kappa shape index (κ1) is 13.2. The lowest BCUT2D eigenvalue weighted by molar-refractivity contribution is 0.350. The molecular weight excluding hydrogens is 242 g/mol. The second kappa shape index (κ2) is 5.63. The van der Waals surface area contributed by atoms with E-state index in [0.717, 1.165) is 16.9 Å². The predicted octanol–water partition coefficient (Wildman–Crippen LogP) is 2.97. The maximum absolute atomic E-state index is 11.6. The molecule has 0 fully saturated rings. The smallest absolute Gasteiger partial charge is 0.183 e. The Labute approximate surface area is 112 Å². The maximum Gasteiger partial charge on any atom is 0.183 e. The number of hydrogen-bond acceptors (Lipinski definition) is 3. The summed E-state index contributed by atoms with van der Waals surface area (Å²) in [6, 6.07) is 10.7. The molecule has 19 heavy (non-hydrogen) atoms. The SMILES string of the molecule is COc1ccc(-c2ccc([O])c(CN)c2)c(OC)c1. The van der Waals surface area contributed by atoms with Gasteiger partial charge in [0.25, 0.3) is 0 Å². The molecular formula is C15H16NO3. The van der Waals surface area contributed by atoms with Crippen LogP contribution in [0, 0.1) is 0 Å². The van der Waals surface area contributed by atoms with Crippen LogP contribution in [0.5, 0.6) is 17.2 Å². The first-order chi connectivity index (χ1) is 9.19. The third kappa shape index (κ3) is 2.63. The summed E-state index contributed by atoms with van der Waals surface area (Å²) < 4.78 is 10.5. The molecule has 0 spiro atoms. The summed E-state index contributed by atoms with van der Waals surface area (Å²) in [6.07, 6.45) is 0. The summed E-state index contributed by atoms with van der Waals surface area (Å²) in [5.74, 6) is 1.37. The first-order valence-corrected chi connectivity index (χ1v) is 5.92. The molecule has 0 atom stereocenters. The third-order valence-corrected chi connectivity index (χ3v) is 3.00. The third-order valence-electron chi connectivity index (χ3n) is 3.00. The lowest BCUT2D eigenvalue weighted by atomic mass is 10.0. The zero-order chi connectivity index (χ0) is 13.8. The maximum atomic E-state index is 11.6. The van der Waals surface area contributed by atoms with Crippen LogP contribution in [0.15, 0.2) is 36.4 Å². The topological polar surface area (TPSA) is 64.4 Å². The van der Waals surface area contributed by atoms with E-state index in [9.17, 15) is 5.11 Å². The van der Waals surface area contributed by atoms with Gasteiger partial charge < -0.3 is 15.2 Å². The molecule has 0 unspecified atom stereocenters. The number of rotatable bonds is 4. The molecule has 0 aliphatic heterocycles. The molecule has 0 heterocycles. The Morgan fingerprint density at radius 3 is 2.47 bits per heavy atom. The molecule has 4 heteroatoms. The summed E-state index contributed by atoms with van der Waals surface area (Å²) in [5, 5.41) is 11.6. The van der Waals surface area contributed by atoms with E-state index in [-0.39, 0.29) is 12.3 Å². The summed E-state index contributed by atoms with van der Waals surface area (Å²) in [5.41, 5.74) is 7.96. The Balaban J connectivity index is 2.52. The fourth-order valence-electron chi connectivity index (χ4n) is 1.94. The predicted molar refractivity (Wildman–Crippen MR) is 73.0 cm³/mol. The average molecular weight is 258 g/mol. The second-order valence-electron chi connectivity index (χ2n) is 4.09. The zero-order valence-electron chi connectivity index (χ0n) is 11.0. The van der Waals surface area contributed by atoms with Crippen molar-refractivity contribution < 1.29 is 14.6 Å². The van der Waals surface area contributed by atoms with Gasteiger partial charge in [-0.2, -0.15) is 0 Å². The zero-order valence-corrected chi connectivity index (χ0v) is 11.0. The molecule has 0 aromatic heterocycles. The molecule has 99 valence electrons. The number of nitrogens with two attached hydrogens (primary N) is 1. The minimum atomic E-state index is -0.0428. The van der Waals surface area contributed by atoms with E-state index in [2.05, 4.69) is 0 Å². The Hall–Kier alpha value is -2.20. The van der Waals surface area contributed by atoms with E-state index >= 15 is 0 Å². The van der Waals surface area contributed by atoms with Crippen molar-refractivity contribution in [3.63, 3.8) is 0 Å². The van der Waals surface area contributed by atoms with Crippen LogP contribution in [-0.2, 0) is 11.7 Å². The molecule has 0 bridgehead atoms. The van der Waals surface area contributed by atoms with E-state index in [4.69, 9.17) is 15.2 Å². The number of ether oxygens (including phenoxy) is 2. The van der Waals surface area contributed by atoms with E-state index in [1.807, 2.05) is 18.2 Å². The van der Waals surface area contributed by atoms with Gasteiger partial charge in [-0.1, -0.05) is 6.07 Å². The summed E-state index contributed by atoms with van der Waals surface area (Å²) in [4.78, 5) is 0. The first-order valence-electron chi connectivity index (χ1n) is 5.92. The lowest BCUT2D eigenvalue weighted by Crippen LogP contribution is -1.97. The number of methoxy groups -OCH3 is 2. The normalized spacial score (nSPS) is 10.3. The molecule has 0 aliphatic rings. The van der Waals surface area contributed by atoms with Crippen LogP contribution in [0.3, 0.4) is 0 Å². The minimum absolute atomic E-state index is 0.0428. The van der Waals surface area contributed by atoms with E-state index in [1.165, 1.54) is 6.07 Å². The van der Waals surface area contributed by atoms with Gasteiger partial charge in [0.1, 0.15) is 11.5 Å². The van der Waals surface area contributed by atoms with E-state index in [1.54, 1.807) is 26.4 Å². The Bertz CT molecular complexity index is 582. The molecule has 0 saturated heterocycles. The van der Waals surface area contributed by atoms with Crippen LogP contribution in [0.1, 0.15) is 5.56 Å². The fourth-order valence-corrected chi connectivity index (χ4v) is 1.94. The van der Waals surface area contributed by atoms with Gasteiger partial charge in [-0.15, -0.1) is 0 Å². The molecule has 2 N–H and O–H groups in total. The van der Waals surface area contributed by atoms with E-state index < -0.39 is 0 Å². The van der Waals surface area contributed by atoms with Gasteiger partial charge in [-0.05, 0) is 29.8 Å².